The van der Waals surface area contributed by atoms with Gasteiger partial charge in [0.1, 0.15) is 6.42 Å². The summed E-state index contributed by atoms with van der Waals surface area (Å²) in [6.45, 7) is 2.69. The normalized spacial score (nSPS) is 12.1. The average Bonchev–Trinajstić information content (AvgIpc) is 2.26. The van der Waals surface area contributed by atoms with Gasteiger partial charge in [-0.25, -0.2) is 0 Å². The molecule has 0 radical (unpaired) electrons. The molecule has 0 saturated carbocycles. The van der Waals surface area contributed by atoms with Crippen molar-refractivity contribution in [1.82, 2.24) is 0 Å². The van der Waals surface area contributed by atoms with Crippen molar-refractivity contribution in [2.24, 2.45) is 5.41 Å². The molecule has 6 nitrogen and oxygen atoms in total. The lowest BCUT2D eigenvalue weighted by molar-refractivity contribution is -0.162. The van der Waals surface area contributed by atoms with E-state index in [1.54, 1.807) is 12.1 Å². The lowest BCUT2D eigenvalue weighted by atomic mass is 9.84. The van der Waals surface area contributed by atoms with E-state index < -0.39 is 36.1 Å². The van der Waals surface area contributed by atoms with Crippen molar-refractivity contribution in [3.8, 4) is 12.1 Å². The first kappa shape index (κ1) is 15.1. The van der Waals surface area contributed by atoms with Crippen molar-refractivity contribution < 1.29 is 19.4 Å². The third-order valence-electron chi connectivity index (χ3n) is 2.14. The van der Waals surface area contributed by atoms with Gasteiger partial charge in [0.05, 0.1) is 25.2 Å². The Morgan fingerprint density at radius 1 is 1.29 bits per heavy atom. The summed E-state index contributed by atoms with van der Waals surface area (Å²) in [5.74, 6) is -1.43. The van der Waals surface area contributed by atoms with Gasteiger partial charge in [0.15, 0.2) is 11.9 Å². The molecule has 6 heteroatoms. The number of carbonyl (C=O) groups is 2. The predicted octanol–water partition coefficient (Wildman–Crippen LogP) is 0.313. The zero-order valence-electron chi connectivity index (χ0n) is 9.77. The zero-order valence-corrected chi connectivity index (χ0v) is 9.77. The van der Waals surface area contributed by atoms with Crippen LogP contribution in [0.2, 0.25) is 0 Å². The van der Waals surface area contributed by atoms with E-state index in [0.717, 1.165) is 0 Å². The molecule has 0 saturated heterocycles. The van der Waals surface area contributed by atoms with Gasteiger partial charge < -0.3 is 9.84 Å². The summed E-state index contributed by atoms with van der Waals surface area (Å²) in [5, 5.41) is 25.9. The first-order valence-electron chi connectivity index (χ1n) is 4.96. The number of hydrogen-bond donors (Lipinski definition) is 1. The number of aliphatic hydroxyl groups excluding tert-OH is 1. The summed E-state index contributed by atoms with van der Waals surface area (Å²) in [6.07, 6.45) is -2.10. The van der Waals surface area contributed by atoms with Crippen LogP contribution in [0.5, 0.6) is 0 Å². The Balaban J connectivity index is 4.89. The first-order chi connectivity index (χ1) is 7.88. The number of carbonyl (C=O) groups excluding carboxylic acids is 2. The summed E-state index contributed by atoms with van der Waals surface area (Å²) in [6, 6.07) is 3.26. The summed E-state index contributed by atoms with van der Waals surface area (Å²) < 4.78 is 4.84. The van der Waals surface area contributed by atoms with Crippen LogP contribution in [-0.4, -0.2) is 29.6 Å². The molecular formula is C11H14N2O4. The van der Waals surface area contributed by atoms with E-state index in [1.165, 1.54) is 13.8 Å². The highest BCUT2D eigenvalue weighted by Crippen LogP contribution is 2.24. The van der Waals surface area contributed by atoms with Gasteiger partial charge in [0.25, 0.3) is 0 Å². The maximum Gasteiger partial charge on any atom is 0.320 e. The SMILES string of the molecule is CC(C)(CO)C(OC(=O)CC#N)C(=O)CC#N. The molecule has 0 aromatic heterocycles. The van der Waals surface area contributed by atoms with Crippen LogP contribution >= 0.6 is 0 Å². The smallest absolute Gasteiger partial charge is 0.320 e. The molecule has 1 atom stereocenters. The van der Waals surface area contributed by atoms with E-state index in [1.807, 2.05) is 0 Å². The van der Waals surface area contributed by atoms with Crippen LogP contribution in [0.4, 0.5) is 0 Å². The van der Waals surface area contributed by atoms with Crippen molar-refractivity contribution in [3.63, 3.8) is 0 Å². The average molecular weight is 238 g/mol. The standard InChI is InChI=1S/C11H14N2O4/c1-11(2,7-14)10(8(15)3-5-12)17-9(16)4-6-13/h10,14H,3-4,7H2,1-2H3. The van der Waals surface area contributed by atoms with Gasteiger partial charge in [-0.3, -0.25) is 9.59 Å². The first-order valence-corrected chi connectivity index (χ1v) is 4.96. The molecule has 1 N–H and O–H groups in total. The Bertz CT molecular complexity index is 376. The third kappa shape index (κ3) is 4.62. The molecule has 0 aromatic rings. The van der Waals surface area contributed by atoms with E-state index >= 15 is 0 Å². The molecule has 92 valence electrons. The Hall–Kier alpha value is -1.92. The molecule has 0 aliphatic heterocycles. The summed E-state index contributed by atoms with van der Waals surface area (Å²) in [4.78, 5) is 22.8. The monoisotopic (exact) mass is 238 g/mol. The molecular weight excluding hydrogens is 224 g/mol. The fraction of sp³-hybridized carbons (Fsp3) is 0.636. The zero-order chi connectivity index (χ0) is 13.5. The Kier molecular flexibility index (Phi) is 5.87. The van der Waals surface area contributed by atoms with E-state index in [-0.39, 0.29) is 6.61 Å². The topological polar surface area (TPSA) is 111 Å². The molecule has 0 aliphatic carbocycles. The van der Waals surface area contributed by atoms with Crippen LogP contribution in [0.15, 0.2) is 0 Å². The summed E-state index contributed by atoms with van der Waals surface area (Å²) in [7, 11) is 0. The van der Waals surface area contributed by atoms with Crippen LogP contribution in [0.25, 0.3) is 0 Å². The number of hydrogen-bond acceptors (Lipinski definition) is 6. The van der Waals surface area contributed by atoms with Crippen LogP contribution in [-0.2, 0) is 14.3 Å². The molecule has 0 aromatic carbocycles. The molecule has 0 spiro atoms. The quantitative estimate of drug-likeness (QED) is 0.666. The Morgan fingerprint density at radius 2 is 1.82 bits per heavy atom. The van der Waals surface area contributed by atoms with Crippen LogP contribution < -0.4 is 0 Å². The molecule has 0 fully saturated rings. The van der Waals surface area contributed by atoms with Gasteiger partial charge in [-0.05, 0) is 0 Å². The van der Waals surface area contributed by atoms with E-state index in [0.29, 0.717) is 0 Å². The fourth-order valence-electron chi connectivity index (χ4n) is 1.15. The maximum absolute atomic E-state index is 11.6. The largest absolute Gasteiger partial charge is 0.453 e. The number of ketones is 1. The second-order valence-corrected chi connectivity index (χ2v) is 4.15. The molecule has 1 unspecified atom stereocenters. The lowest BCUT2D eigenvalue weighted by Crippen LogP contribution is -2.42. The minimum atomic E-state index is -1.21. The Morgan fingerprint density at radius 3 is 2.24 bits per heavy atom. The molecule has 0 rings (SSSR count). The van der Waals surface area contributed by atoms with E-state index in [4.69, 9.17) is 20.4 Å². The lowest BCUT2D eigenvalue weighted by Gasteiger charge is -2.30. The van der Waals surface area contributed by atoms with Gasteiger partial charge >= 0.3 is 5.97 Å². The van der Waals surface area contributed by atoms with Crippen molar-refractivity contribution in [2.75, 3.05) is 6.61 Å². The number of rotatable bonds is 6. The van der Waals surface area contributed by atoms with Crippen LogP contribution in [0.3, 0.4) is 0 Å². The number of aliphatic hydroxyl groups is 1. The van der Waals surface area contributed by atoms with Crippen molar-refractivity contribution >= 4 is 11.8 Å². The highest BCUT2D eigenvalue weighted by atomic mass is 16.5. The van der Waals surface area contributed by atoms with Gasteiger partial charge in [0.2, 0.25) is 0 Å². The molecule has 17 heavy (non-hydrogen) atoms. The van der Waals surface area contributed by atoms with Crippen LogP contribution in [0.1, 0.15) is 26.7 Å². The minimum absolute atomic E-state index is 0.380. The van der Waals surface area contributed by atoms with Gasteiger partial charge in [-0.2, -0.15) is 10.5 Å². The van der Waals surface area contributed by atoms with Crippen molar-refractivity contribution in [2.45, 2.75) is 32.8 Å². The second kappa shape index (κ2) is 6.62. The summed E-state index contributed by atoms with van der Waals surface area (Å²) >= 11 is 0. The third-order valence-corrected chi connectivity index (χ3v) is 2.14. The maximum atomic E-state index is 11.6. The molecule has 0 amide bonds. The number of Topliss-reactive ketones (excluding diaryl/α,β-unsaturated/α-hetero) is 1. The highest BCUT2D eigenvalue weighted by molar-refractivity contribution is 5.88. The Labute approximate surface area is 99.4 Å². The number of esters is 1. The summed E-state index contributed by atoms with van der Waals surface area (Å²) in [5.41, 5.74) is -0.987. The van der Waals surface area contributed by atoms with Gasteiger partial charge in [0, 0.05) is 5.41 Å². The van der Waals surface area contributed by atoms with E-state index in [2.05, 4.69) is 0 Å². The number of nitrogens with zero attached hydrogens (tertiary/aromatic N) is 2. The molecule has 0 aliphatic rings. The minimum Gasteiger partial charge on any atom is -0.453 e. The highest BCUT2D eigenvalue weighted by Gasteiger charge is 2.37. The van der Waals surface area contributed by atoms with Crippen LogP contribution in [0, 0.1) is 28.1 Å². The van der Waals surface area contributed by atoms with Crippen molar-refractivity contribution in [1.29, 1.82) is 10.5 Å². The molecule has 0 bridgehead atoms. The fourth-order valence-corrected chi connectivity index (χ4v) is 1.15. The second-order valence-electron chi connectivity index (χ2n) is 4.15. The van der Waals surface area contributed by atoms with Gasteiger partial charge in [-0.1, -0.05) is 13.8 Å². The van der Waals surface area contributed by atoms with Gasteiger partial charge in [-0.15, -0.1) is 0 Å². The number of nitriles is 2. The molecule has 0 heterocycles. The number of ether oxygens (including phenoxy) is 1. The van der Waals surface area contributed by atoms with Crippen molar-refractivity contribution in [3.05, 3.63) is 0 Å². The predicted molar refractivity (Wildman–Crippen MR) is 56.2 cm³/mol. The van der Waals surface area contributed by atoms with E-state index in [9.17, 15) is 9.59 Å².